The van der Waals surface area contributed by atoms with Crippen molar-refractivity contribution in [3.8, 4) is 0 Å². The van der Waals surface area contributed by atoms with Gasteiger partial charge in [-0.3, -0.25) is 0 Å². The van der Waals surface area contributed by atoms with Crippen LogP contribution in [0.25, 0.3) is 0 Å². The zero-order chi connectivity index (χ0) is 13.8. The average Bonchev–Trinajstić information content (AvgIpc) is 3.04. The highest BCUT2D eigenvalue weighted by molar-refractivity contribution is 5.27. The van der Waals surface area contributed by atoms with Crippen molar-refractivity contribution in [1.29, 1.82) is 0 Å². The van der Waals surface area contributed by atoms with Crippen molar-refractivity contribution in [2.45, 2.75) is 57.3 Å². The van der Waals surface area contributed by atoms with Crippen molar-refractivity contribution in [2.24, 2.45) is 0 Å². The quantitative estimate of drug-likeness (QED) is 0.898. The molecule has 0 unspecified atom stereocenters. The summed E-state index contributed by atoms with van der Waals surface area (Å²) in [5.74, 6) is 0.592. The van der Waals surface area contributed by atoms with E-state index in [1.807, 2.05) is 13.8 Å². The molecule has 6 heteroatoms. The van der Waals surface area contributed by atoms with Crippen molar-refractivity contribution in [3.63, 3.8) is 0 Å². The molecule has 0 radical (unpaired) electrons. The molecule has 0 saturated heterocycles. The molecular formula is C13H18F3N3. The Morgan fingerprint density at radius 3 is 2.53 bits per heavy atom. The first kappa shape index (κ1) is 13.0. The molecule has 1 aliphatic carbocycles. The van der Waals surface area contributed by atoms with Gasteiger partial charge in [-0.2, -0.15) is 13.2 Å². The molecule has 0 bridgehead atoms. The monoisotopic (exact) mass is 273 g/mol. The Morgan fingerprint density at radius 2 is 2.00 bits per heavy atom. The Morgan fingerprint density at radius 1 is 1.32 bits per heavy atom. The molecule has 1 aromatic heterocycles. The fraction of sp³-hybridized carbons (Fsp3) is 0.769. The fourth-order valence-corrected chi connectivity index (χ4v) is 2.95. The molecule has 3 nitrogen and oxygen atoms in total. The molecule has 1 aliphatic heterocycles. The maximum Gasteiger partial charge on any atom is 0.411 e. The van der Waals surface area contributed by atoms with Crippen molar-refractivity contribution in [3.05, 3.63) is 17.2 Å². The minimum Gasteiger partial charge on any atom is -0.316 e. The smallest absolute Gasteiger partial charge is 0.316 e. The maximum absolute atomic E-state index is 13.4. The third kappa shape index (κ3) is 1.80. The van der Waals surface area contributed by atoms with Gasteiger partial charge in [0.1, 0.15) is 11.4 Å². The van der Waals surface area contributed by atoms with E-state index < -0.39 is 11.7 Å². The Labute approximate surface area is 110 Å². The summed E-state index contributed by atoms with van der Waals surface area (Å²) in [6.07, 6.45) is -3.18. The molecule has 106 valence electrons. The minimum absolute atomic E-state index is 0.00502. The van der Waals surface area contributed by atoms with E-state index in [1.165, 1.54) is 4.57 Å². The largest absolute Gasteiger partial charge is 0.411 e. The van der Waals surface area contributed by atoms with Gasteiger partial charge in [0, 0.05) is 31.1 Å². The highest BCUT2D eigenvalue weighted by atomic mass is 19.4. The van der Waals surface area contributed by atoms with Gasteiger partial charge in [0.25, 0.3) is 0 Å². The lowest BCUT2D eigenvalue weighted by Gasteiger charge is -2.27. The molecule has 2 aliphatic rings. The number of nitrogens with zero attached hydrogens (tertiary/aromatic N) is 2. The van der Waals surface area contributed by atoms with Gasteiger partial charge < -0.3 is 9.88 Å². The minimum atomic E-state index is -4.18. The first-order valence-electron chi connectivity index (χ1n) is 6.75. The molecule has 0 aromatic carbocycles. The van der Waals surface area contributed by atoms with Crippen molar-refractivity contribution in [2.75, 3.05) is 6.54 Å². The molecule has 19 heavy (non-hydrogen) atoms. The van der Waals surface area contributed by atoms with Gasteiger partial charge >= 0.3 is 6.18 Å². The first-order valence-corrected chi connectivity index (χ1v) is 6.75. The number of imidazole rings is 1. The first-order chi connectivity index (χ1) is 8.87. The van der Waals surface area contributed by atoms with Gasteiger partial charge in [-0.25, -0.2) is 4.98 Å². The van der Waals surface area contributed by atoms with E-state index in [0.717, 1.165) is 17.9 Å². The second kappa shape index (κ2) is 3.98. The predicted molar refractivity (Wildman–Crippen MR) is 65.0 cm³/mol. The molecule has 0 amide bonds. The van der Waals surface area contributed by atoms with Crippen LogP contribution < -0.4 is 5.32 Å². The van der Waals surface area contributed by atoms with Gasteiger partial charge in [0.15, 0.2) is 0 Å². The average molecular weight is 273 g/mol. The number of halogens is 3. The normalized spacial score (nSPS) is 21.6. The number of hydrogen-bond acceptors (Lipinski definition) is 2. The summed E-state index contributed by atoms with van der Waals surface area (Å²) in [4.78, 5) is 4.47. The van der Waals surface area contributed by atoms with E-state index in [1.54, 1.807) is 0 Å². The number of alkyl halides is 3. The van der Waals surface area contributed by atoms with Gasteiger partial charge in [-0.1, -0.05) is 13.8 Å². The van der Waals surface area contributed by atoms with Crippen molar-refractivity contribution < 1.29 is 13.2 Å². The molecule has 1 saturated carbocycles. The van der Waals surface area contributed by atoms with E-state index in [-0.39, 0.29) is 18.8 Å². The lowest BCUT2D eigenvalue weighted by atomic mass is 10.1. The van der Waals surface area contributed by atoms with Gasteiger partial charge in [0.2, 0.25) is 0 Å². The van der Waals surface area contributed by atoms with Gasteiger partial charge in [0.05, 0.1) is 5.69 Å². The van der Waals surface area contributed by atoms with Crippen LogP contribution in [0.3, 0.4) is 0 Å². The van der Waals surface area contributed by atoms with E-state index in [9.17, 15) is 13.2 Å². The molecule has 3 rings (SSSR count). The van der Waals surface area contributed by atoms with Crippen molar-refractivity contribution in [1.82, 2.24) is 14.9 Å². The van der Waals surface area contributed by atoms with Gasteiger partial charge in [-0.05, 0) is 12.8 Å². The molecule has 0 atom stereocenters. The topological polar surface area (TPSA) is 29.9 Å². The lowest BCUT2D eigenvalue weighted by Crippen LogP contribution is -2.38. The number of aromatic nitrogens is 2. The van der Waals surface area contributed by atoms with Crippen LogP contribution in [-0.2, 0) is 18.5 Å². The highest BCUT2D eigenvalue weighted by Gasteiger charge is 2.66. The Balaban J connectivity index is 2.17. The summed E-state index contributed by atoms with van der Waals surface area (Å²) >= 11 is 0. The second-order valence-electron chi connectivity index (χ2n) is 5.81. The Kier molecular flexibility index (Phi) is 2.71. The third-order valence-corrected chi connectivity index (χ3v) is 4.11. The van der Waals surface area contributed by atoms with E-state index in [4.69, 9.17) is 0 Å². The van der Waals surface area contributed by atoms with Crippen LogP contribution in [0, 0.1) is 0 Å². The summed E-state index contributed by atoms with van der Waals surface area (Å²) in [5, 5.41) is 3.17. The molecule has 2 heterocycles. The highest BCUT2D eigenvalue weighted by Crippen LogP contribution is 2.57. The zero-order valence-corrected chi connectivity index (χ0v) is 11.1. The van der Waals surface area contributed by atoms with Gasteiger partial charge in [-0.15, -0.1) is 0 Å². The van der Waals surface area contributed by atoms with E-state index >= 15 is 0 Å². The molecule has 1 aromatic rings. The van der Waals surface area contributed by atoms with E-state index in [0.29, 0.717) is 18.8 Å². The fourth-order valence-electron chi connectivity index (χ4n) is 2.95. The van der Waals surface area contributed by atoms with Crippen LogP contribution in [0.2, 0.25) is 0 Å². The number of hydrogen-bond donors (Lipinski definition) is 1. The molecule has 0 spiro atoms. The predicted octanol–water partition coefficient (Wildman–Crippen LogP) is 2.70. The van der Waals surface area contributed by atoms with E-state index in [2.05, 4.69) is 10.3 Å². The summed E-state index contributed by atoms with van der Waals surface area (Å²) < 4.78 is 41.7. The van der Waals surface area contributed by atoms with Crippen LogP contribution in [0.5, 0.6) is 0 Å². The number of fused-ring (bicyclic) bond motifs is 1. The lowest BCUT2D eigenvalue weighted by molar-refractivity contribution is -0.181. The van der Waals surface area contributed by atoms with Crippen molar-refractivity contribution >= 4 is 0 Å². The standard InChI is InChI=1S/C13H18F3N3/c1-8(2)11-18-9-7-17-6-3-10(9)19(11)12(4-5-12)13(14,15)16/h8,17H,3-7H2,1-2H3. The van der Waals surface area contributed by atoms with Crippen LogP contribution in [-0.4, -0.2) is 22.3 Å². The maximum atomic E-state index is 13.4. The summed E-state index contributed by atoms with van der Waals surface area (Å²) in [7, 11) is 0. The summed E-state index contributed by atoms with van der Waals surface area (Å²) in [6, 6.07) is 0. The Hall–Kier alpha value is -1.04. The van der Waals surface area contributed by atoms with Crippen LogP contribution >= 0.6 is 0 Å². The zero-order valence-electron chi connectivity index (χ0n) is 11.1. The van der Waals surface area contributed by atoms with Crippen LogP contribution in [0.1, 0.15) is 49.8 Å². The second-order valence-corrected chi connectivity index (χ2v) is 5.81. The number of nitrogens with one attached hydrogen (secondary N) is 1. The number of rotatable bonds is 2. The van der Waals surface area contributed by atoms with Crippen LogP contribution in [0.4, 0.5) is 13.2 Å². The molecule has 1 fully saturated rings. The summed E-state index contributed by atoms with van der Waals surface area (Å²) in [5.41, 5.74) is -0.0902. The Bertz CT molecular complexity index is 498. The molecular weight excluding hydrogens is 255 g/mol. The van der Waals surface area contributed by atoms with Crippen LogP contribution in [0.15, 0.2) is 0 Å². The summed E-state index contributed by atoms with van der Waals surface area (Å²) in [6.45, 7) is 5.12. The third-order valence-electron chi connectivity index (χ3n) is 4.11. The molecule has 1 N–H and O–H groups in total. The SMILES string of the molecule is CC(C)c1nc2c(n1C1(C(F)(F)F)CC1)CCNC2.